The van der Waals surface area contributed by atoms with Crippen LogP contribution in [0.1, 0.15) is 12.0 Å². The second-order valence-corrected chi connectivity index (χ2v) is 11.6. The number of piperazine rings is 1. The zero-order valence-corrected chi connectivity index (χ0v) is 22.4. The van der Waals surface area contributed by atoms with Crippen LogP contribution in [0.15, 0.2) is 77.8 Å². The summed E-state index contributed by atoms with van der Waals surface area (Å²) in [4.78, 5) is 8.11. The number of H-pyrrole nitrogens is 1. The van der Waals surface area contributed by atoms with E-state index in [1.807, 2.05) is 42.6 Å². The predicted octanol–water partition coefficient (Wildman–Crippen LogP) is 5.28. The number of aryl methyl sites for hydroxylation is 1. The molecule has 0 spiro atoms. The van der Waals surface area contributed by atoms with Crippen LogP contribution in [0.4, 0.5) is 5.69 Å². The molecule has 0 atom stereocenters. The number of aromatic amines is 1. The molecule has 0 saturated carbocycles. The van der Waals surface area contributed by atoms with Crippen LogP contribution in [0.2, 0.25) is 5.02 Å². The lowest BCUT2D eigenvalue weighted by Crippen LogP contribution is -2.44. The molecule has 37 heavy (non-hydrogen) atoms. The standard InChI is InChI=1S/C28H31ClN4O3S/c1-32-14-16-33(17-15-32)23-5-2-6-25(19-23)36-24-8-10-26(11-9-24)37(34,35)31-13-3-4-21-20-30-28-12-7-22(29)18-27(21)28/h2,5-12,18-20,30-31H,3-4,13-17H2,1H3. The number of nitrogens with one attached hydrogen (secondary N) is 2. The molecule has 0 unspecified atom stereocenters. The maximum atomic E-state index is 12.8. The summed E-state index contributed by atoms with van der Waals surface area (Å²) in [7, 11) is -1.47. The van der Waals surface area contributed by atoms with Gasteiger partial charge in [-0.25, -0.2) is 13.1 Å². The molecule has 1 fully saturated rings. The van der Waals surface area contributed by atoms with Crippen molar-refractivity contribution in [3.8, 4) is 11.5 Å². The zero-order valence-electron chi connectivity index (χ0n) is 20.8. The Hall–Kier alpha value is -3.04. The number of ether oxygens (including phenoxy) is 1. The molecule has 7 nitrogen and oxygen atoms in total. The van der Waals surface area contributed by atoms with E-state index in [-0.39, 0.29) is 4.90 Å². The number of hydrogen-bond acceptors (Lipinski definition) is 5. The SMILES string of the molecule is CN1CCN(c2cccc(Oc3ccc(S(=O)(=O)NCCCc4c[nH]c5ccc(Cl)cc45)cc3)c2)CC1. The lowest BCUT2D eigenvalue weighted by Gasteiger charge is -2.34. The van der Waals surface area contributed by atoms with Crippen LogP contribution in [0.5, 0.6) is 11.5 Å². The van der Waals surface area contributed by atoms with Gasteiger partial charge in [-0.1, -0.05) is 17.7 Å². The van der Waals surface area contributed by atoms with Gasteiger partial charge in [-0.15, -0.1) is 0 Å². The molecule has 5 rings (SSSR count). The maximum absolute atomic E-state index is 12.8. The van der Waals surface area contributed by atoms with Crippen molar-refractivity contribution in [2.75, 3.05) is 44.7 Å². The fourth-order valence-corrected chi connectivity index (χ4v) is 5.80. The van der Waals surface area contributed by atoms with Gasteiger partial charge in [0.2, 0.25) is 10.0 Å². The summed E-state index contributed by atoms with van der Waals surface area (Å²) in [6, 6.07) is 20.3. The molecule has 3 aromatic carbocycles. The van der Waals surface area contributed by atoms with Gasteiger partial charge in [-0.05, 0) is 80.1 Å². The molecule has 1 aromatic heterocycles. The normalized spacial score (nSPS) is 14.8. The molecule has 194 valence electrons. The molecular formula is C28H31ClN4O3S. The van der Waals surface area contributed by atoms with E-state index in [4.69, 9.17) is 16.3 Å². The summed E-state index contributed by atoms with van der Waals surface area (Å²) in [6.07, 6.45) is 3.36. The van der Waals surface area contributed by atoms with Gasteiger partial charge in [0.05, 0.1) is 4.90 Å². The van der Waals surface area contributed by atoms with Gasteiger partial charge in [0.25, 0.3) is 0 Å². The van der Waals surface area contributed by atoms with Crippen molar-refractivity contribution in [1.82, 2.24) is 14.6 Å². The third-order valence-corrected chi connectivity index (χ3v) is 8.41. The molecule has 0 amide bonds. The minimum absolute atomic E-state index is 0.213. The molecule has 0 bridgehead atoms. The van der Waals surface area contributed by atoms with Crippen molar-refractivity contribution in [1.29, 1.82) is 0 Å². The minimum Gasteiger partial charge on any atom is -0.457 e. The van der Waals surface area contributed by atoms with Crippen LogP contribution < -0.4 is 14.4 Å². The first-order chi connectivity index (χ1) is 17.9. The first kappa shape index (κ1) is 25.6. The molecule has 9 heteroatoms. The van der Waals surface area contributed by atoms with Crippen LogP contribution in [-0.2, 0) is 16.4 Å². The Morgan fingerprint density at radius 1 is 0.973 bits per heavy atom. The Bertz CT molecular complexity index is 1460. The van der Waals surface area contributed by atoms with Gasteiger partial charge in [0.1, 0.15) is 11.5 Å². The second kappa shape index (κ2) is 11.1. The maximum Gasteiger partial charge on any atom is 0.240 e. The Balaban J connectivity index is 1.15. The summed E-state index contributed by atoms with van der Waals surface area (Å²) in [5, 5.41) is 1.75. The van der Waals surface area contributed by atoms with E-state index < -0.39 is 10.0 Å². The number of benzene rings is 3. The molecule has 1 saturated heterocycles. The zero-order chi connectivity index (χ0) is 25.8. The number of likely N-dealkylation sites (N-methyl/N-ethyl adjacent to an activating group) is 1. The summed E-state index contributed by atoms with van der Waals surface area (Å²) in [5.74, 6) is 1.32. The van der Waals surface area contributed by atoms with Crippen LogP contribution in [0.25, 0.3) is 10.9 Å². The van der Waals surface area contributed by atoms with Crippen molar-refractivity contribution in [2.24, 2.45) is 0 Å². The number of anilines is 1. The van der Waals surface area contributed by atoms with E-state index in [1.54, 1.807) is 24.3 Å². The van der Waals surface area contributed by atoms with Crippen LogP contribution in [0, 0.1) is 0 Å². The molecule has 4 aromatic rings. The Morgan fingerprint density at radius 2 is 1.76 bits per heavy atom. The fourth-order valence-electron chi connectivity index (χ4n) is 4.56. The van der Waals surface area contributed by atoms with E-state index in [1.165, 1.54) is 0 Å². The number of hydrogen-bond donors (Lipinski definition) is 2. The number of rotatable bonds is 9. The molecule has 0 aliphatic carbocycles. The smallest absolute Gasteiger partial charge is 0.240 e. The molecule has 1 aliphatic heterocycles. The van der Waals surface area contributed by atoms with Gasteiger partial charge in [0, 0.05) is 66.6 Å². The first-order valence-corrected chi connectivity index (χ1v) is 14.3. The molecular weight excluding hydrogens is 508 g/mol. The van der Waals surface area contributed by atoms with Crippen LogP contribution in [0.3, 0.4) is 0 Å². The van der Waals surface area contributed by atoms with Gasteiger partial charge in [-0.2, -0.15) is 0 Å². The summed E-state index contributed by atoms with van der Waals surface area (Å²) < 4.78 is 34.3. The van der Waals surface area contributed by atoms with E-state index in [9.17, 15) is 8.42 Å². The topological polar surface area (TPSA) is 77.7 Å². The third kappa shape index (κ3) is 6.27. The van der Waals surface area contributed by atoms with E-state index in [2.05, 4.69) is 32.6 Å². The monoisotopic (exact) mass is 538 g/mol. The molecule has 0 radical (unpaired) electrons. The van der Waals surface area contributed by atoms with Crippen LogP contribution >= 0.6 is 11.6 Å². The highest BCUT2D eigenvalue weighted by Gasteiger charge is 2.16. The van der Waals surface area contributed by atoms with Crippen molar-refractivity contribution in [2.45, 2.75) is 17.7 Å². The number of fused-ring (bicyclic) bond motifs is 1. The van der Waals surface area contributed by atoms with Crippen molar-refractivity contribution >= 4 is 38.2 Å². The summed E-state index contributed by atoms with van der Waals surface area (Å²) in [6.45, 7) is 4.37. The van der Waals surface area contributed by atoms with Gasteiger partial charge in [-0.3, -0.25) is 0 Å². The average molecular weight is 539 g/mol. The van der Waals surface area contributed by atoms with Crippen LogP contribution in [-0.4, -0.2) is 58.1 Å². The largest absolute Gasteiger partial charge is 0.457 e. The molecule has 2 N–H and O–H groups in total. The van der Waals surface area contributed by atoms with Crippen molar-refractivity contribution < 1.29 is 13.2 Å². The van der Waals surface area contributed by atoms with E-state index in [0.717, 1.165) is 60.5 Å². The predicted molar refractivity (Wildman–Crippen MR) is 149 cm³/mol. The lowest BCUT2D eigenvalue weighted by molar-refractivity contribution is 0.313. The highest BCUT2D eigenvalue weighted by atomic mass is 35.5. The second-order valence-electron chi connectivity index (χ2n) is 9.37. The average Bonchev–Trinajstić information content (AvgIpc) is 3.29. The highest BCUT2D eigenvalue weighted by Crippen LogP contribution is 2.28. The lowest BCUT2D eigenvalue weighted by atomic mass is 10.1. The third-order valence-electron chi connectivity index (χ3n) is 6.70. The Labute approximate surface area is 223 Å². The Kier molecular flexibility index (Phi) is 7.71. The number of halogens is 1. The Morgan fingerprint density at radius 3 is 2.54 bits per heavy atom. The van der Waals surface area contributed by atoms with Crippen molar-refractivity contribution in [3.05, 3.63) is 83.5 Å². The summed E-state index contributed by atoms with van der Waals surface area (Å²) >= 11 is 6.12. The van der Waals surface area contributed by atoms with E-state index in [0.29, 0.717) is 23.7 Å². The first-order valence-electron chi connectivity index (χ1n) is 12.4. The molecule has 2 heterocycles. The van der Waals surface area contributed by atoms with E-state index >= 15 is 0 Å². The molecule has 1 aliphatic rings. The summed E-state index contributed by atoms with van der Waals surface area (Å²) in [5.41, 5.74) is 3.27. The van der Waals surface area contributed by atoms with Gasteiger partial charge >= 0.3 is 0 Å². The number of nitrogens with zero attached hydrogens (tertiary/aromatic N) is 2. The minimum atomic E-state index is -3.61. The fraction of sp³-hybridized carbons (Fsp3) is 0.286. The quantitative estimate of drug-likeness (QED) is 0.284. The van der Waals surface area contributed by atoms with Gasteiger partial charge < -0.3 is 19.5 Å². The number of aromatic nitrogens is 1. The van der Waals surface area contributed by atoms with Gasteiger partial charge in [0.15, 0.2) is 0 Å². The highest BCUT2D eigenvalue weighted by molar-refractivity contribution is 7.89. The number of sulfonamides is 1. The van der Waals surface area contributed by atoms with Crippen molar-refractivity contribution in [3.63, 3.8) is 0 Å².